The fourth-order valence-electron chi connectivity index (χ4n) is 2.32. The zero-order valence-corrected chi connectivity index (χ0v) is 11.3. The smallest absolute Gasteiger partial charge is 0.106 e. The summed E-state index contributed by atoms with van der Waals surface area (Å²) in [6, 6.07) is 9.59. The zero-order valence-electron chi connectivity index (χ0n) is 11.3. The van der Waals surface area contributed by atoms with E-state index in [2.05, 4.69) is 11.9 Å². The molecule has 0 radical (unpaired) electrons. The molecule has 3 nitrogen and oxygen atoms in total. The van der Waals surface area contributed by atoms with Crippen LogP contribution in [0.15, 0.2) is 30.3 Å². The second-order valence-corrected chi connectivity index (χ2v) is 5.26. The number of hydrogen-bond acceptors (Lipinski definition) is 3. The van der Waals surface area contributed by atoms with Crippen LogP contribution >= 0.6 is 0 Å². The second kappa shape index (κ2) is 6.66. The lowest BCUT2D eigenvalue weighted by atomic mass is 9.98. The molecule has 3 heteroatoms. The molecule has 2 aliphatic rings. The Labute approximate surface area is 109 Å². The van der Waals surface area contributed by atoms with E-state index in [0.29, 0.717) is 0 Å². The summed E-state index contributed by atoms with van der Waals surface area (Å²) in [6.45, 7) is 6.52. The molecule has 1 heterocycles. The van der Waals surface area contributed by atoms with Crippen LogP contribution in [-0.2, 0) is 4.79 Å². The van der Waals surface area contributed by atoms with Crippen molar-refractivity contribution < 1.29 is 9.90 Å². The van der Waals surface area contributed by atoms with E-state index in [1.54, 1.807) is 6.92 Å². The van der Waals surface area contributed by atoms with Crippen LogP contribution in [0.25, 0.3) is 0 Å². The molecule has 0 bridgehead atoms. The number of rotatable bonds is 1. The molecule has 1 atom stereocenters. The average Bonchev–Trinajstić information content (AvgIpc) is 3.14. The molecule has 3 rings (SSSR count). The monoisotopic (exact) mass is 249 g/mol. The van der Waals surface area contributed by atoms with Crippen molar-refractivity contribution in [1.82, 2.24) is 4.90 Å². The normalized spacial score (nSPS) is 20.6. The van der Waals surface area contributed by atoms with Crippen molar-refractivity contribution >= 4 is 6.79 Å². The number of aliphatic hydroxyl groups excluding tert-OH is 1. The first kappa shape index (κ1) is 14.9. The van der Waals surface area contributed by atoms with Gasteiger partial charge in [-0.15, -0.1) is 0 Å². The van der Waals surface area contributed by atoms with Crippen LogP contribution in [0.2, 0.25) is 0 Å². The topological polar surface area (TPSA) is 40.5 Å². The minimum absolute atomic E-state index is 0.341. The molecule has 1 aromatic rings. The summed E-state index contributed by atoms with van der Waals surface area (Å²) in [5.41, 5.74) is 1.84. The van der Waals surface area contributed by atoms with Gasteiger partial charge in [0.15, 0.2) is 0 Å². The van der Waals surface area contributed by atoms with Gasteiger partial charge in [0.1, 0.15) is 6.79 Å². The summed E-state index contributed by atoms with van der Waals surface area (Å²) < 4.78 is 0. The van der Waals surface area contributed by atoms with Gasteiger partial charge in [-0.05, 0) is 37.8 Å². The summed E-state index contributed by atoms with van der Waals surface area (Å²) in [6.07, 6.45) is 2.68. The van der Waals surface area contributed by atoms with Crippen molar-refractivity contribution in [2.75, 3.05) is 20.1 Å². The summed E-state index contributed by atoms with van der Waals surface area (Å²) in [5.74, 6) is 0. The molecule has 1 saturated carbocycles. The lowest BCUT2D eigenvalue weighted by Gasteiger charge is -2.36. The standard InChI is InChI=1S/C8H10O.C6H11N.CH2O/c1-7(9)8-5-3-2-4-6-8;1-7-4-6(5-7)2-3-6;1-2/h2-7,9H,1H3;2-5H2,1H3;1H2. The highest BCUT2D eigenvalue weighted by atomic mass is 16.3. The summed E-state index contributed by atoms with van der Waals surface area (Å²) in [4.78, 5) is 10.4. The maximum Gasteiger partial charge on any atom is 0.106 e. The summed E-state index contributed by atoms with van der Waals surface area (Å²) in [7, 11) is 2.20. The van der Waals surface area contributed by atoms with Crippen molar-refractivity contribution in [1.29, 1.82) is 0 Å². The van der Waals surface area contributed by atoms with E-state index >= 15 is 0 Å². The van der Waals surface area contributed by atoms with Crippen molar-refractivity contribution in [3.05, 3.63) is 35.9 Å². The molecular weight excluding hydrogens is 226 g/mol. The molecule has 1 saturated heterocycles. The number of benzene rings is 1. The molecule has 1 aliphatic heterocycles. The van der Waals surface area contributed by atoms with Gasteiger partial charge in [0.25, 0.3) is 0 Å². The summed E-state index contributed by atoms with van der Waals surface area (Å²) in [5, 5.41) is 9.02. The molecule has 1 spiro atoms. The van der Waals surface area contributed by atoms with Gasteiger partial charge >= 0.3 is 0 Å². The molecule has 100 valence electrons. The van der Waals surface area contributed by atoms with Crippen LogP contribution in [0.4, 0.5) is 0 Å². The van der Waals surface area contributed by atoms with Gasteiger partial charge < -0.3 is 14.8 Å². The average molecular weight is 249 g/mol. The van der Waals surface area contributed by atoms with E-state index in [9.17, 15) is 0 Å². The van der Waals surface area contributed by atoms with Crippen molar-refractivity contribution in [3.8, 4) is 0 Å². The highest BCUT2D eigenvalue weighted by Crippen LogP contribution is 2.51. The van der Waals surface area contributed by atoms with E-state index in [1.165, 1.54) is 25.9 Å². The third-order valence-corrected chi connectivity index (χ3v) is 3.45. The fourth-order valence-corrected chi connectivity index (χ4v) is 2.32. The second-order valence-electron chi connectivity index (χ2n) is 5.26. The largest absolute Gasteiger partial charge is 0.389 e. The summed E-state index contributed by atoms with van der Waals surface area (Å²) >= 11 is 0. The van der Waals surface area contributed by atoms with E-state index in [4.69, 9.17) is 9.90 Å². The van der Waals surface area contributed by atoms with Crippen LogP contribution in [-0.4, -0.2) is 36.9 Å². The molecule has 0 amide bonds. The minimum Gasteiger partial charge on any atom is -0.389 e. The number of nitrogens with zero attached hydrogens (tertiary/aromatic N) is 1. The van der Waals surface area contributed by atoms with Gasteiger partial charge in [0.2, 0.25) is 0 Å². The first-order valence-electron chi connectivity index (χ1n) is 6.32. The molecular formula is C15H23NO2. The Morgan fingerprint density at radius 1 is 1.22 bits per heavy atom. The third kappa shape index (κ3) is 4.24. The van der Waals surface area contributed by atoms with Crippen LogP contribution in [0.5, 0.6) is 0 Å². The van der Waals surface area contributed by atoms with Gasteiger partial charge in [0.05, 0.1) is 6.10 Å². The van der Waals surface area contributed by atoms with Crippen molar-refractivity contribution in [2.24, 2.45) is 5.41 Å². The predicted octanol–water partition coefficient (Wildman–Crippen LogP) is 2.27. The molecule has 0 aromatic heterocycles. The molecule has 2 fully saturated rings. The van der Waals surface area contributed by atoms with Gasteiger partial charge in [-0.25, -0.2) is 0 Å². The Bertz CT molecular complexity index is 339. The first-order valence-corrected chi connectivity index (χ1v) is 6.32. The van der Waals surface area contributed by atoms with Crippen molar-refractivity contribution in [2.45, 2.75) is 25.9 Å². The lowest BCUT2D eigenvalue weighted by molar-refractivity contribution is -0.0979. The Morgan fingerprint density at radius 3 is 1.94 bits per heavy atom. The van der Waals surface area contributed by atoms with Crippen LogP contribution in [0, 0.1) is 5.41 Å². The molecule has 1 unspecified atom stereocenters. The lowest BCUT2D eigenvalue weighted by Crippen LogP contribution is -2.45. The van der Waals surface area contributed by atoms with E-state index in [-0.39, 0.29) is 6.10 Å². The van der Waals surface area contributed by atoms with Crippen LogP contribution < -0.4 is 0 Å². The van der Waals surface area contributed by atoms with Gasteiger partial charge in [-0.3, -0.25) is 0 Å². The SMILES string of the molecule is C=O.CC(O)c1ccccc1.CN1CC2(CC2)C1. The Morgan fingerprint density at radius 2 is 1.72 bits per heavy atom. The quantitative estimate of drug-likeness (QED) is 0.830. The van der Waals surface area contributed by atoms with Crippen LogP contribution in [0.3, 0.4) is 0 Å². The number of carbonyl (C=O) groups excluding carboxylic acids is 1. The van der Waals surface area contributed by atoms with Crippen molar-refractivity contribution in [3.63, 3.8) is 0 Å². The van der Waals surface area contributed by atoms with E-state index in [1.807, 2.05) is 37.1 Å². The highest BCUT2D eigenvalue weighted by molar-refractivity contribution is 5.16. The molecule has 1 aliphatic carbocycles. The number of aliphatic hydroxyl groups is 1. The Hall–Kier alpha value is -1.19. The zero-order chi connectivity index (χ0) is 13.6. The highest BCUT2D eigenvalue weighted by Gasteiger charge is 2.50. The minimum atomic E-state index is -0.341. The molecule has 1 N–H and O–H groups in total. The Kier molecular flexibility index (Phi) is 5.51. The molecule has 1 aromatic carbocycles. The number of hydrogen-bond donors (Lipinski definition) is 1. The third-order valence-electron chi connectivity index (χ3n) is 3.45. The Balaban J connectivity index is 0.000000161. The number of carbonyl (C=O) groups is 1. The molecule has 18 heavy (non-hydrogen) atoms. The van der Waals surface area contributed by atoms with Gasteiger partial charge in [-0.2, -0.15) is 0 Å². The van der Waals surface area contributed by atoms with Crippen LogP contribution in [0.1, 0.15) is 31.4 Å². The van der Waals surface area contributed by atoms with E-state index < -0.39 is 0 Å². The first-order chi connectivity index (χ1) is 8.61. The maximum atomic E-state index is 9.02. The van der Waals surface area contributed by atoms with Gasteiger partial charge in [-0.1, -0.05) is 30.3 Å². The van der Waals surface area contributed by atoms with E-state index in [0.717, 1.165) is 11.0 Å². The predicted molar refractivity (Wildman–Crippen MR) is 73.4 cm³/mol. The number of likely N-dealkylation sites (tertiary alicyclic amines) is 1. The fraction of sp³-hybridized carbons (Fsp3) is 0.533. The van der Waals surface area contributed by atoms with Gasteiger partial charge in [0, 0.05) is 13.1 Å². The maximum absolute atomic E-state index is 9.02.